The number of ether oxygens (including phenoxy) is 1. The number of nitrogens with two attached hydrogens (primary N) is 1. The largest absolute Gasteiger partial charge is 0.382 e. The van der Waals surface area contributed by atoms with E-state index in [1.165, 1.54) is 11.2 Å². The van der Waals surface area contributed by atoms with E-state index in [1.807, 2.05) is 4.57 Å². The van der Waals surface area contributed by atoms with E-state index >= 15 is 0 Å². The minimum absolute atomic E-state index is 0.0382. The van der Waals surface area contributed by atoms with Crippen molar-refractivity contribution in [2.75, 3.05) is 25.5 Å². The van der Waals surface area contributed by atoms with Crippen LogP contribution in [0.15, 0.2) is 12.7 Å². The molecule has 2 amide bonds. The van der Waals surface area contributed by atoms with E-state index in [0.29, 0.717) is 36.5 Å². The van der Waals surface area contributed by atoms with Gasteiger partial charge in [-0.2, -0.15) is 0 Å². The van der Waals surface area contributed by atoms with Crippen LogP contribution in [0, 0.1) is 0 Å². The number of aromatic nitrogens is 4. The maximum Gasteiger partial charge on any atom is 0.255 e. The van der Waals surface area contributed by atoms with E-state index in [4.69, 9.17) is 10.5 Å². The van der Waals surface area contributed by atoms with Crippen LogP contribution >= 0.6 is 0 Å². The zero-order chi connectivity index (χ0) is 14.8. The van der Waals surface area contributed by atoms with E-state index in [9.17, 15) is 9.59 Å². The fourth-order valence-corrected chi connectivity index (χ4v) is 2.23. The van der Waals surface area contributed by atoms with Gasteiger partial charge in [0, 0.05) is 13.1 Å². The fourth-order valence-electron chi connectivity index (χ4n) is 2.23. The van der Waals surface area contributed by atoms with Gasteiger partial charge in [0.05, 0.1) is 6.33 Å². The van der Waals surface area contributed by atoms with Crippen molar-refractivity contribution in [2.24, 2.45) is 0 Å². The first-order valence-electron chi connectivity index (χ1n) is 6.49. The van der Waals surface area contributed by atoms with Crippen LogP contribution in [-0.4, -0.2) is 56.0 Å². The molecule has 1 saturated heterocycles. The number of carbonyl (C=O) groups excluding carboxylic acids is 2. The molecule has 2 aromatic rings. The summed E-state index contributed by atoms with van der Waals surface area (Å²) in [6.45, 7) is 0.846. The van der Waals surface area contributed by atoms with Gasteiger partial charge in [-0.05, 0) is 6.42 Å². The SMILES string of the molecule is Nc1ncnc2c1ncn2CCCN1C(=O)COCC1=O. The molecule has 0 spiro atoms. The highest BCUT2D eigenvalue weighted by Crippen LogP contribution is 2.14. The number of aryl methyl sites for hydroxylation is 1. The van der Waals surface area contributed by atoms with Crippen LogP contribution in [0.3, 0.4) is 0 Å². The molecule has 21 heavy (non-hydrogen) atoms. The molecular formula is C12H14N6O3. The quantitative estimate of drug-likeness (QED) is 0.731. The highest BCUT2D eigenvalue weighted by Gasteiger charge is 2.25. The lowest BCUT2D eigenvalue weighted by Gasteiger charge is -2.24. The van der Waals surface area contributed by atoms with Gasteiger partial charge in [0.15, 0.2) is 11.5 Å². The Morgan fingerprint density at radius 1 is 1.14 bits per heavy atom. The summed E-state index contributed by atoms with van der Waals surface area (Å²) in [5.41, 5.74) is 6.91. The average molecular weight is 290 g/mol. The molecule has 110 valence electrons. The second-order valence-corrected chi connectivity index (χ2v) is 4.65. The van der Waals surface area contributed by atoms with Crippen LogP contribution in [0.5, 0.6) is 0 Å². The fraction of sp³-hybridized carbons (Fsp3) is 0.417. The smallest absolute Gasteiger partial charge is 0.255 e. The molecule has 0 unspecified atom stereocenters. The number of carbonyl (C=O) groups is 2. The predicted octanol–water partition coefficient (Wildman–Crippen LogP) is -0.816. The van der Waals surface area contributed by atoms with Gasteiger partial charge < -0.3 is 15.0 Å². The third-order valence-corrected chi connectivity index (χ3v) is 3.26. The number of anilines is 1. The second kappa shape index (κ2) is 5.44. The predicted molar refractivity (Wildman–Crippen MR) is 71.9 cm³/mol. The topological polar surface area (TPSA) is 116 Å². The van der Waals surface area contributed by atoms with Gasteiger partial charge in [-0.3, -0.25) is 14.5 Å². The van der Waals surface area contributed by atoms with Crippen LogP contribution in [0.4, 0.5) is 5.82 Å². The third kappa shape index (κ3) is 2.55. The maximum absolute atomic E-state index is 11.6. The lowest BCUT2D eigenvalue weighted by Crippen LogP contribution is -2.46. The summed E-state index contributed by atoms with van der Waals surface area (Å²) >= 11 is 0. The zero-order valence-corrected chi connectivity index (χ0v) is 11.2. The van der Waals surface area contributed by atoms with Crippen molar-refractivity contribution in [1.29, 1.82) is 0 Å². The Morgan fingerprint density at radius 3 is 2.67 bits per heavy atom. The van der Waals surface area contributed by atoms with Gasteiger partial charge >= 0.3 is 0 Å². The van der Waals surface area contributed by atoms with Crippen molar-refractivity contribution in [1.82, 2.24) is 24.4 Å². The minimum atomic E-state index is -0.298. The van der Waals surface area contributed by atoms with Crippen LogP contribution < -0.4 is 5.73 Å². The van der Waals surface area contributed by atoms with Gasteiger partial charge in [-0.25, -0.2) is 15.0 Å². The number of nitrogens with zero attached hydrogens (tertiary/aromatic N) is 5. The number of imide groups is 1. The highest BCUT2D eigenvalue weighted by atomic mass is 16.5. The van der Waals surface area contributed by atoms with Crippen LogP contribution in [0.25, 0.3) is 11.2 Å². The number of amides is 2. The number of nitrogen functional groups attached to an aromatic ring is 1. The van der Waals surface area contributed by atoms with Crippen LogP contribution in [-0.2, 0) is 20.9 Å². The van der Waals surface area contributed by atoms with E-state index in [0.717, 1.165) is 0 Å². The molecule has 2 N–H and O–H groups in total. The lowest BCUT2D eigenvalue weighted by molar-refractivity contribution is -0.158. The van der Waals surface area contributed by atoms with Crippen molar-refractivity contribution in [2.45, 2.75) is 13.0 Å². The molecule has 0 aromatic carbocycles. The molecule has 9 heteroatoms. The van der Waals surface area contributed by atoms with E-state index in [1.54, 1.807) is 6.33 Å². The first-order valence-corrected chi connectivity index (χ1v) is 6.49. The maximum atomic E-state index is 11.6. The van der Waals surface area contributed by atoms with E-state index in [-0.39, 0.29) is 25.0 Å². The Hall–Kier alpha value is -2.55. The van der Waals surface area contributed by atoms with Gasteiger partial charge in [0.2, 0.25) is 0 Å². The Bertz CT molecular complexity index is 681. The molecule has 1 fully saturated rings. The minimum Gasteiger partial charge on any atom is -0.382 e. The Kier molecular flexibility index (Phi) is 3.48. The Balaban J connectivity index is 1.66. The molecule has 1 aliphatic rings. The summed E-state index contributed by atoms with van der Waals surface area (Å²) in [6, 6.07) is 0. The molecule has 9 nitrogen and oxygen atoms in total. The summed E-state index contributed by atoms with van der Waals surface area (Å²) in [7, 11) is 0. The third-order valence-electron chi connectivity index (χ3n) is 3.26. The molecule has 3 heterocycles. The van der Waals surface area contributed by atoms with Crippen molar-refractivity contribution in [3.8, 4) is 0 Å². The monoisotopic (exact) mass is 290 g/mol. The van der Waals surface area contributed by atoms with Gasteiger partial charge in [-0.15, -0.1) is 0 Å². The molecule has 0 atom stereocenters. The summed E-state index contributed by atoms with van der Waals surface area (Å²) in [4.78, 5) is 36.6. The molecule has 0 bridgehead atoms. The van der Waals surface area contributed by atoms with Crippen molar-refractivity contribution in [3.05, 3.63) is 12.7 Å². The molecule has 1 aliphatic heterocycles. The highest BCUT2D eigenvalue weighted by molar-refractivity contribution is 5.98. The molecule has 3 rings (SSSR count). The van der Waals surface area contributed by atoms with Gasteiger partial charge in [0.1, 0.15) is 25.1 Å². The van der Waals surface area contributed by atoms with Crippen LogP contribution in [0.2, 0.25) is 0 Å². The van der Waals surface area contributed by atoms with Gasteiger partial charge in [-0.1, -0.05) is 0 Å². The Morgan fingerprint density at radius 2 is 1.90 bits per heavy atom. The molecule has 2 aromatic heterocycles. The van der Waals surface area contributed by atoms with Crippen molar-refractivity contribution >= 4 is 28.8 Å². The number of imidazole rings is 1. The van der Waals surface area contributed by atoms with E-state index in [2.05, 4.69) is 15.0 Å². The van der Waals surface area contributed by atoms with Crippen molar-refractivity contribution in [3.63, 3.8) is 0 Å². The zero-order valence-electron chi connectivity index (χ0n) is 11.2. The van der Waals surface area contributed by atoms with Gasteiger partial charge in [0.25, 0.3) is 11.8 Å². The van der Waals surface area contributed by atoms with Crippen LogP contribution in [0.1, 0.15) is 6.42 Å². The summed E-state index contributed by atoms with van der Waals surface area (Å²) < 4.78 is 6.68. The molecular weight excluding hydrogens is 276 g/mol. The number of morpholine rings is 1. The molecule has 0 radical (unpaired) electrons. The summed E-state index contributed by atoms with van der Waals surface area (Å²) in [5, 5.41) is 0. The summed E-state index contributed by atoms with van der Waals surface area (Å²) in [5.74, 6) is -0.265. The first-order chi connectivity index (χ1) is 10.2. The second-order valence-electron chi connectivity index (χ2n) is 4.65. The number of hydrogen-bond acceptors (Lipinski definition) is 7. The lowest BCUT2D eigenvalue weighted by atomic mass is 10.3. The first kappa shape index (κ1) is 13.4. The number of fused-ring (bicyclic) bond motifs is 1. The summed E-state index contributed by atoms with van der Waals surface area (Å²) in [6.07, 6.45) is 3.61. The average Bonchev–Trinajstić information content (AvgIpc) is 2.87. The normalized spacial score (nSPS) is 15.9. The van der Waals surface area contributed by atoms with Crippen molar-refractivity contribution < 1.29 is 14.3 Å². The standard InChI is InChI=1S/C12H14N6O3/c13-11-10-12(15-6-14-11)17(7-16-10)2-1-3-18-8(19)4-21-5-9(18)20/h6-7H,1-5H2,(H2,13,14,15). The molecule has 0 aliphatic carbocycles. The number of hydrogen-bond donors (Lipinski definition) is 1. The number of rotatable bonds is 4. The Labute approximate surface area is 119 Å². The molecule has 0 saturated carbocycles. The van der Waals surface area contributed by atoms with E-state index < -0.39 is 0 Å².